The standard InChI is InChI=1S/C15H14N2O5S/c1-21-11-4-2-10(3-5-11)17-23(19,20)12-6-7-13-14(8-12)22-9-15(18)16-13/h2-8,17H,9H2,1H3,(H,16,18). The molecule has 0 radical (unpaired) electrons. The lowest BCUT2D eigenvalue weighted by molar-refractivity contribution is -0.118. The Labute approximate surface area is 133 Å². The quantitative estimate of drug-likeness (QED) is 0.889. The van der Waals surface area contributed by atoms with E-state index in [1.165, 1.54) is 25.3 Å². The van der Waals surface area contributed by atoms with Gasteiger partial charge in [0.25, 0.3) is 15.9 Å². The lowest BCUT2D eigenvalue weighted by Crippen LogP contribution is -2.25. The van der Waals surface area contributed by atoms with Crippen LogP contribution in [0.2, 0.25) is 0 Å². The van der Waals surface area contributed by atoms with Crippen LogP contribution in [0.4, 0.5) is 11.4 Å². The van der Waals surface area contributed by atoms with Crippen LogP contribution in [0.15, 0.2) is 47.4 Å². The summed E-state index contributed by atoms with van der Waals surface area (Å²) in [6.07, 6.45) is 0. The van der Waals surface area contributed by atoms with Crippen molar-refractivity contribution in [1.82, 2.24) is 0 Å². The molecular formula is C15H14N2O5S. The van der Waals surface area contributed by atoms with E-state index in [0.29, 0.717) is 22.9 Å². The molecule has 3 rings (SSSR count). The number of hydrogen-bond acceptors (Lipinski definition) is 5. The number of nitrogens with one attached hydrogen (secondary N) is 2. The van der Waals surface area contributed by atoms with E-state index in [4.69, 9.17) is 9.47 Å². The minimum absolute atomic E-state index is 0.0446. The molecule has 2 aromatic carbocycles. The molecule has 2 aromatic rings. The summed E-state index contributed by atoms with van der Waals surface area (Å²) in [5.41, 5.74) is 0.863. The normalized spacial score (nSPS) is 13.5. The number of benzene rings is 2. The molecule has 120 valence electrons. The number of fused-ring (bicyclic) bond motifs is 1. The Morgan fingerprint density at radius 2 is 1.91 bits per heavy atom. The molecule has 23 heavy (non-hydrogen) atoms. The first-order valence-corrected chi connectivity index (χ1v) is 8.20. The first kappa shape index (κ1) is 15.2. The van der Waals surface area contributed by atoms with Crippen LogP contribution in [0.1, 0.15) is 0 Å². The van der Waals surface area contributed by atoms with Crippen molar-refractivity contribution in [2.45, 2.75) is 4.90 Å². The van der Waals surface area contributed by atoms with Crippen LogP contribution in [-0.4, -0.2) is 28.0 Å². The zero-order chi connectivity index (χ0) is 16.4. The van der Waals surface area contributed by atoms with Crippen LogP contribution in [0.3, 0.4) is 0 Å². The lowest BCUT2D eigenvalue weighted by atomic mass is 10.2. The maximum atomic E-state index is 12.4. The Kier molecular flexibility index (Phi) is 3.83. The van der Waals surface area contributed by atoms with E-state index < -0.39 is 10.0 Å². The van der Waals surface area contributed by atoms with Gasteiger partial charge in [0.15, 0.2) is 6.61 Å². The van der Waals surface area contributed by atoms with Gasteiger partial charge in [-0.1, -0.05) is 0 Å². The summed E-state index contributed by atoms with van der Waals surface area (Å²) in [4.78, 5) is 11.3. The first-order chi connectivity index (χ1) is 11.0. The minimum Gasteiger partial charge on any atom is -0.497 e. The molecular weight excluding hydrogens is 320 g/mol. The highest BCUT2D eigenvalue weighted by atomic mass is 32.2. The van der Waals surface area contributed by atoms with Crippen molar-refractivity contribution < 1.29 is 22.7 Å². The van der Waals surface area contributed by atoms with Crippen molar-refractivity contribution in [2.24, 2.45) is 0 Å². The third-order valence-electron chi connectivity index (χ3n) is 3.24. The highest BCUT2D eigenvalue weighted by Gasteiger charge is 2.21. The second-order valence-electron chi connectivity index (χ2n) is 4.83. The lowest BCUT2D eigenvalue weighted by Gasteiger charge is -2.18. The van der Waals surface area contributed by atoms with Gasteiger partial charge in [0.2, 0.25) is 0 Å². The van der Waals surface area contributed by atoms with E-state index >= 15 is 0 Å². The molecule has 0 spiro atoms. The molecule has 0 saturated heterocycles. The van der Waals surface area contributed by atoms with E-state index in [2.05, 4.69) is 10.0 Å². The minimum atomic E-state index is -3.76. The summed E-state index contributed by atoms with van der Waals surface area (Å²) in [5.74, 6) is 0.678. The molecule has 0 bridgehead atoms. The average molecular weight is 334 g/mol. The number of methoxy groups -OCH3 is 1. The number of rotatable bonds is 4. The van der Waals surface area contributed by atoms with Crippen molar-refractivity contribution >= 4 is 27.3 Å². The second kappa shape index (κ2) is 5.81. The summed E-state index contributed by atoms with van der Waals surface area (Å²) in [7, 11) is -2.23. The Morgan fingerprint density at radius 1 is 1.17 bits per heavy atom. The molecule has 0 atom stereocenters. The van der Waals surface area contributed by atoms with Gasteiger partial charge in [-0.2, -0.15) is 0 Å². The molecule has 7 nitrogen and oxygen atoms in total. The van der Waals surface area contributed by atoms with E-state index in [0.717, 1.165) is 0 Å². The highest BCUT2D eigenvalue weighted by Crippen LogP contribution is 2.31. The number of carbonyl (C=O) groups excluding carboxylic acids is 1. The molecule has 1 aliphatic rings. The third kappa shape index (κ3) is 3.21. The summed E-state index contributed by atoms with van der Waals surface area (Å²) in [5, 5.41) is 2.61. The predicted molar refractivity (Wildman–Crippen MR) is 84.4 cm³/mol. The molecule has 8 heteroatoms. The van der Waals surface area contributed by atoms with Crippen molar-refractivity contribution in [3.8, 4) is 11.5 Å². The topological polar surface area (TPSA) is 93.7 Å². The van der Waals surface area contributed by atoms with Gasteiger partial charge in [-0.05, 0) is 36.4 Å². The third-order valence-corrected chi connectivity index (χ3v) is 4.62. The van der Waals surface area contributed by atoms with Crippen LogP contribution < -0.4 is 19.5 Å². The summed E-state index contributed by atoms with van der Waals surface area (Å²) in [6.45, 7) is -0.136. The van der Waals surface area contributed by atoms with Crippen molar-refractivity contribution in [3.05, 3.63) is 42.5 Å². The van der Waals surface area contributed by atoms with Crippen LogP contribution >= 0.6 is 0 Å². The van der Waals surface area contributed by atoms with Crippen LogP contribution in [0.25, 0.3) is 0 Å². The average Bonchev–Trinajstić information content (AvgIpc) is 2.54. The molecule has 2 N–H and O–H groups in total. The van der Waals surface area contributed by atoms with Gasteiger partial charge < -0.3 is 14.8 Å². The maximum absolute atomic E-state index is 12.4. The largest absolute Gasteiger partial charge is 0.497 e. The van der Waals surface area contributed by atoms with Gasteiger partial charge in [0.1, 0.15) is 11.5 Å². The van der Waals surface area contributed by atoms with Gasteiger partial charge in [0.05, 0.1) is 17.7 Å². The van der Waals surface area contributed by atoms with Crippen molar-refractivity contribution in [3.63, 3.8) is 0 Å². The molecule has 0 saturated carbocycles. The zero-order valence-electron chi connectivity index (χ0n) is 12.2. The molecule has 0 unspecified atom stereocenters. The smallest absolute Gasteiger partial charge is 0.262 e. The van der Waals surface area contributed by atoms with E-state index in [1.807, 2.05) is 0 Å². The van der Waals surface area contributed by atoms with Crippen LogP contribution in [-0.2, 0) is 14.8 Å². The van der Waals surface area contributed by atoms with Crippen LogP contribution in [0, 0.1) is 0 Å². The van der Waals surface area contributed by atoms with Crippen molar-refractivity contribution in [2.75, 3.05) is 23.8 Å². The van der Waals surface area contributed by atoms with Gasteiger partial charge in [-0.25, -0.2) is 8.42 Å². The maximum Gasteiger partial charge on any atom is 0.262 e. The molecule has 1 heterocycles. The van der Waals surface area contributed by atoms with Crippen LogP contribution in [0.5, 0.6) is 11.5 Å². The molecule has 0 fully saturated rings. The van der Waals surface area contributed by atoms with E-state index in [1.54, 1.807) is 24.3 Å². The summed E-state index contributed by atoms with van der Waals surface area (Å²) < 4.78 is 37.6. The fourth-order valence-corrected chi connectivity index (χ4v) is 3.17. The number of ether oxygens (including phenoxy) is 2. The number of carbonyl (C=O) groups is 1. The van der Waals surface area contributed by atoms with Gasteiger partial charge >= 0.3 is 0 Å². The summed E-state index contributed by atoms with van der Waals surface area (Å²) >= 11 is 0. The second-order valence-corrected chi connectivity index (χ2v) is 6.51. The molecule has 1 amide bonds. The predicted octanol–water partition coefficient (Wildman–Crippen LogP) is 1.83. The number of amides is 1. The fraction of sp³-hybridized carbons (Fsp3) is 0.133. The fourth-order valence-electron chi connectivity index (χ4n) is 2.10. The SMILES string of the molecule is COc1ccc(NS(=O)(=O)c2ccc3c(c2)OCC(=O)N3)cc1. The summed E-state index contributed by atoms with van der Waals surface area (Å²) in [6, 6.07) is 10.8. The molecule has 0 aromatic heterocycles. The number of hydrogen-bond donors (Lipinski definition) is 2. The Morgan fingerprint density at radius 3 is 2.61 bits per heavy atom. The highest BCUT2D eigenvalue weighted by molar-refractivity contribution is 7.92. The molecule has 1 aliphatic heterocycles. The Bertz CT molecular complexity index is 847. The Balaban J connectivity index is 1.85. The number of sulfonamides is 1. The van der Waals surface area contributed by atoms with Gasteiger partial charge in [0, 0.05) is 11.8 Å². The monoisotopic (exact) mass is 334 g/mol. The zero-order valence-corrected chi connectivity index (χ0v) is 13.0. The van der Waals surface area contributed by atoms with Gasteiger partial charge in [-0.15, -0.1) is 0 Å². The van der Waals surface area contributed by atoms with Gasteiger partial charge in [-0.3, -0.25) is 9.52 Å². The van der Waals surface area contributed by atoms with Crippen molar-refractivity contribution in [1.29, 1.82) is 0 Å². The first-order valence-electron chi connectivity index (χ1n) is 6.71. The van der Waals surface area contributed by atoms with E-state index in [-0.39, 0.29) is 17.4 Å². The Hall–Kier alpha value is -2.74. The van der Waals surface area contributed by atoms with E-state index in [9.17, 15) is 13.2 Å². The number of anilines is 2. The molecule has 0 aliphatic carbocycles.